The third-order valence-electron chi connectivity index (χ3n) is 39.5. The SMILES string of the molecule is c1ccc2c(c1)-c1ccc(-n3c4ccccc4c4cc(-c5ccc6c(c5)sc5ccccc56)ccc43)cc1C21C2CC3CC(C2)CC1C3.c1ccc2c(c1)-c1ccc(-n3c4ccccc4c4cc(-c5cccc6sc7ccccc7c56)ccc43)cc1C21C2CC3CC(C2)CC1C3.c1ccc2c(c1)-c1ccc(-n3c4ccccc4c4ccc(-c5cccc6sc7ccccc7c56)cc43)cc1C21C2CC3CC(C2)CC1C3. The highest BCUT2D eigenvalue weighted by atomic mass is 32.1. The zero-order chi connectivity index (χ0) is 93.4. The minimum Gasteiger partial charge on any atom is -0.309 e. The molecule has 0 amide bonds. The van der Waals surface area contributed by atoms with Crippen molar-refractivity contribution >= 4 is 160 Å². The van der Waals surface area contributed by atoms with E-state index in [1.165, 1.54) is 306 Å². The van der Waals surface area contributed by atoms with Crippen LogP contribution in [-0.2, 0) is 16.2 Å². The summed E-state index contributed by atoms with van der Waals surface area (Å²) in [6, 6.07) is 147. The topological polar surface area (TPSA) is 14.8 Å². The van der Waals surface area contributed by atoms with Crippen LogP contribution in [0.25, 0.3) is 210 Å². The quantitative estimate of drug-likeness (QED) is 0.158. The second-order valence-corrected chi connectivity index (χ2v) is 49.2. The predicted molar refractivity (Wildman–Crippen MR) is 607 cm³/mol. The number of para-hydroxylation sites is 3. The van der Waals surface area contributed by atoms with Gasteiger partial charge in [-0.3, -0.25) is 0 Å². The smallest absolute Gasteiger partial charge is 0.0547 e. The molecule has 0 atom stereocenters. The average molecular weight is 1900 g/mol. The van der Waals surface area contributed by atoms with Gasteiger partial charge in [-0.2, -0.15) is 0 Å². The van der Waals surface area contributed by atoms with Crippen LogP contribution in [0.3, 0.4) is 0 Å². The highest BCUT2D eigenvalue weighted by Gasteiger charge is 2.65. The van der Waals surface area contributed by atoms with E-state index in [-0.39, 0.29) is 16.2 Å². The lowest BCUT2D eigenvalue weighted by molar-refractivity contribution is -0.0399. The molecule has 12 bridgehead atoms. The first-order chi connectivity index (χ1) is 71.2. The predicted octanol–water partition coefficient (Wildman–Crippen LogP) is 37.6. The Kier molecular flexibility index (Phi) is 17.0. The third kappa shape index (κ3) is 11.1. The molecule has 15 aliphatic carbocycles. The Labute approximate surface area is 849 Å². The van der Waals surface area contributed by atoms with Gasteiger partial charge in [0.15, 0.2) is 0 Å². The number of hydrogen-bond donors (Lipinski definition) is 0. The minimum absolute atomic E-state index is 0.162. The average Bonchev–Trinajstić information content (AvgIpc) is 1.48. The van der Waals surface area contributed by atoms with E-state index < -0.39 is 0 Å². The van der Waals surface area contributed by atoms with Gasteiger partial charge in [-0.05, 0) is 389 Å². The van der Waals surface area contributed by atoms with E-state index in [2.05, 4.69) is 396 Å². The second kappa shape index (κ2) is 30.1. The van der Waals surface area contributed by atoms with Crippen LogP contribution < -0.4 is 0 Å². The second-order valence-electron chi connectivity index (χ2n) is 46.0. The minimum atomic E-state index is 0.162. The first-order valence-corrected chi connectivity index (χ1v) is 56.3. The molecule has 24 aromatic rings. The summed E-state index contributed by atoms with van der Waals surface area (Å²) in [5.41, 5.74) is 38.6. The molecule has 12 fully saturated rings. The lowest BCUT2D eigenvalue weighted by atomic mass is 9.43. The van der Waals surface area contributed by atoms with Gasteiger partial charge in [0.1, 0.15) is 0 Å². The van der Waals surface area contributed by atoms with Gasteiger partial charge in [-0.15, -0.1) is 34.0 Å². The molecular formula is C138H105N3S3. The fourth-order valence-corrected chi connectivity index (χ4v) is 38.4. The molecule has 6 heteroatoms. The van der Waals surface area contributed by atoms with Crippen molar-refractivity contribution in [2.45, 2.75) is 113 Å². The molecule has 6 heterocycles. The largest absolute Gasteiger partial charge is 0.309 e. The van der Waals surface area contributed by atoms with Gasteiger partial charge >= 0.3 is 0 Å². The van der Waals surface area contributed by atoms with Gasteiger partial charge in [-0.25, -0.2) is 0 Å². The lowest BCUT2D eigenvalue weighted by Crippen LogP contribution is -2.55. The molecular weight excluding hydrogens is 1800 g/mol. The normalized spacial score (nSPS) is 25.2. The summed E-state index contributed by atoms with van der Waals surface area (Å²) in [5, 5.41) is 16.1. The summed E-state index contributed by atoms with van der Waals surface area (Å²) >= 11 is 5.69. The lowest BCUT2D eigenvalue weighted by Gasteiger charge is -2.61. The highest BCUT2D eigenvalue weighted by Crippen LogP contribution is 2.74. The van der Waals surface area contributed by atoms with Gasteiger partial charge in [0.05, 0.1) is 33.1 Å². The van der Waals surface area contributed by atoms with E-state index in [0.29, 0.717) is 0 Å². The molecule has 18 aromatic carbocycles. The fraction of sp³-hybridized carbons (Fsp3) is 0.217. The van der Waals surface area contributed by atoms with Gasteiger partial charge in [0.2, 0.25) is 0 Å². The van der Waals surface area contributed by atoms with Crippen molar-refractivity contribution in [3.8, 4) is 83.8 Å². The Morgan fingerprint density at radius 1 is 0.167 bits per heavy atom. The maximum atomic E-state index is 2.64. The van der Waals surface area contributed by atoms with Crippen LogP contribution >= 0.6 is 34.0 Å². The van der Waals surface area contributed by atoms with Crippen LogP contribution in [0.4, 0.5) is 0 Å². The molecule has 3 nitrogen and oxygen atoms in total. The standard InChI is InChI=1S/3C46H35NS/c1-4-12-39-34(8-1)35-18-17-32(26-40(35)46(39)30-21-27-20-28(23-30)24-31(46)22-27)47-41-13-5-2-9-36(41)38-25-29(16-19-42(38)47)33-11-7-15-44-45(33)37-10-3-6-14-43(37)48-44;1-4-12-39-34(8-1)35-19-17-32(26-40(35)46(39)30-21-27-20-28(23-30)24-31(46)22-27)47-41-13-5-2-9-36(41)37-18-16-29(25-42(37)47)33-11-7-15-44-45(33)38-10-3-6-14-43(38)48-44;1-4-10-40-34(7-1)35-17-15-33(26-41(35)46(40)31-20-27-19-28(22-31)23-32(46)21-27)47-42-11-5-2-8-36(42)39-24-29(14-18-43(39)47)30-13-16-38-37-9-3-6-12-44(37)48-45(38)25-30/h2*1-19,25-28,30-31H,20-24H2;1-18,24-28,31-32H,19-23H2. The van der Waals surface area contributed by atoms with Crippen LogP contribution in [-0.4, -0.2) is 13.7 Å². The summed E-state index contributed by atoms with van der Waals surface area (Å²) in [7, 11) is 0. The molecule has 3 spiro atoms. The molecule has 0 aliphatic heterocycles. The first-order valence-electron chi connectivity index (χ1n) is 53.8. The number of nitrogens with zero attached hydrogens (tertiary/aromatic N) is 3. The summed E-state index contributed by atoms with van der Waals surface area (Å²) in [5.74, 6) is 10.3. The number of rotatable bonds is 6. The van der Waals surface area contributed by atoms with Crippen LogP contribution in [0.5, 0.6) is 0 Å². The van der Waals surface area contributed by atoms with E-state index in [1.54, 1.807) is 33.4 Å². The zero-order valence-electron chi connectivity index (χ0n) is 80.5. The third-order valence-corrected chi connectivity index (χ3v) is 43.0. The van der Waals surface area contributed by atoms with Crippen molar-refractivity contribution in [1.82, 2.24) is 13.7 Å². The van der Waals surface area contributed by atoms with Crippen molar-refractivity contribution in [3.63, 3.8) is 0 Å². The van der Waals surface area contributed by atoms with E-state index in [1.807, 2.05) is 34.0 Å². The van der Waals surface area contributed by atoms with E-state index in [9.17, 15) is 0 Å². The molecule has 12 saturated carbocycles. The molecule has 6 aromatic heterocycles. The monoisotopic (exact) mass is 1900 g/mol. The van der Waals surface area contributed by atoms with Crippen LogP contribution in [0.1, 0.15) is 130 Å². The van der Waals surface area contributed by atoms with Gasteiger partial charge in [0.25, 0.3) is 0 Å². The maximum absolute atomic E-state index is 2.64. The molecule has 15 aliphatic rings. The number of benzene rings is 18. The van der Waals surface area contributed by atoms with E-state index >= 15 is 0 Å². The summed E-state index contributed by atoms with van der Waals surface area (Å²) < 4.78 is 15.8. The van der Waals surface area contributed by atoms with Crippen molar-refractivity contribution < 1.29 is 0 Å². The van der Waals surface area contributed by atoms with Crippen molar-refractivity contribution in [3.05, 3.63) is 416 Å². The van der Waals surface area contributed by atoms with Crippen LogP contribution in [0.2, 0.25) is 0 Å². The molecule has 144 heavy (non-hydrogen) atoms. The fourth-order valence-electron chi connectivity index (χ4n) is 35.0. The Bertz CT molecular complexity index is 9610. The number of aromatic nitrogens is 3. The molecule has 39 rings (SSSR count). The molecule has 0 unspecified atom stereocenters. The Morgan fingerprint density at radius 2 is 0.444 bits per heavy atom. The number of hydrogen-bond acceptors (Lipinski definition) is 3. The molecule has 0 N–H and O–H groups in total. The van der Waals surface area contributed by atoms with Crippen molar-refractivity contribution in [1.29, 1.82) is 0 Å². The number of thiophene rings is 3. The highest BCUT2D eigenvalue weighted by molar-refractivity contribution is 7.26. The van der Waals surface area contributed by atoms with E-state index in [0.717, 1.165) is 71.0 Å². The first kappa shape index (κ1) is 81.4. The van der Waals surface area contributed by atoms with Gasteiger partial charge < -0.3 is 13.7 Å². The summed E-state index contributed by atoms with van der Waals surface area (Å²) in [4.78, 5) is 0. The van der Waals surface area contributed by atoms with Gasteiger partial charge in [-0.1, -0.05) is 261 Å². The summed E-state index contributed by atoms with van der Waals surface area (Å²) in [6.45, 7) is 0. The molecule has 0 radical (unpaired) electrons. The van der Waals surface area contributed by atoms with Gasteiger partial charge in [0, 0.05) is 126 Å². The Hall–Kier alpha value is -14.0. The molecule has 690 valence electrons. The number of fused-ring (bicyclic) bond motifs is 27. The Balaban J connectivity index is 0.0000000932. The summed E-state index contributed by atoms with van der Waals surface area (Å²) in [6.07, 6.45) is 21.4. The Morgan fingerprint density at radius 3 is 0.882 bits per heavy atom. The van der Waals surface area contributed by atoms with Crippen LogP contribution in [0, 0.1) is 71.0 Å². The van der Waals surface area contributed by atoms with E-state index in [4.69, 9.17) is 0 Å². The van der Waals surface area contributed by atoms with Crippen molar-refractivity contribution in [2.75, 3.05) is 0 Å². The van der Waals surface area contributed by atoms with Crippen molar-refractivity contribution in [2.24, 2.45) is 71.0 Å². The zero-order valence-corrected chi connectivity index (χ0v) is 82.9. The maximum Gasteiger partial charge on any atom is 0.0547 e. The van der Waals surface area contributed by atoms with Crippen LogP contribution in [0.15, 0.2) is 382 Å². The molecule has 0 saturated heterocycles.